The lowest BCUT2D eigenvalue weighted by molar-refractivity contribution is 0.112. The molecule has 1 aromatic heterocycles. The monoisotopic (exact) mass is 369 g/mol. The maximum absolute atomic E-state index is 11.3. The Kier molecular flexibility index (Phi) is 4.82. The number of halogens is 1. The summed E-state index contributed by atoms with van der Waals surface area (Å²) in [6, 6.07) is 25.4. The Morgan fingerprint density at radius 1 is 0.815 bits per heavy atom. The molecule has 27 heavy (non-hydrogen) atoms. The molecule has 0 saturated carbocycles. The fraction of sp³-hybridized carbons (Fsp3) is 0. The van der Waals surface area contributed by atoms with Crippen molar-refractivity contribution in [1.29, 1.82) is 0 Å². The van der Waals surface area contributed by atoms with Crippen molar-refractivity contribution in [3.63, 3.8) is 0 Å². The smallest absolute Gasteiger partial charge is 0.150 e. The van der Waals surface area contributed by atoms with E-state index in [1.54, 1.807) is 0 Å². The molecule has 0 fully saturated rings. The van der Waals surface area contributed by atoms with E-state index in [2.05, 4.69) is 11.1 Å². The third-order valence-corrected chi connectivity index (χ3v) is 4.64. The summed E-state index contributed by atoms with van der Waals surface area (Å²) < 4.78 is 0. The molecule has 0 radical (unpaired) electrons. The van der Waals surface area contributed by atoms with Gasteiger partial charge in [-0.3, -0.25) is 4.79 Å². The van der Waals surface area contributed by atoms with Gasteiger partial charge >= 0.3 is 0 Å². The van der Waals surface area contributed by atoms with Crippen molar-refractivity contribution in [2.45, 2.75) is 0 Å². The lowest BCUT2D eigenvalue weighted by atomic mass is 9.98. The average Bonchev–Trinajstić information content (AvgIpc) is 2.72. The SMILES string of the molecule is O=Cc1ccccc1-c1cccc(/C=C/c2ccc3ccc(Cl)cc3n2)c1. The molecule has 0 bridgehead atoms. The molecule has 1 heterocycles. The zero-order valence-electron chi connectivity index (χ0n) is 14.5. The maximum Gasteiger partial charge on any atom is 0.150 e. The maximum atomic E-state index is 11.3. The molecule has 0 aliphatic heterocycles. The molecule has 0 aliphatic carbocycles. The van der Waals surface area contributed by atoms with Crippen LogP contribution in [0.1, 0.15) is 21.6 Å². The van der Waals surface area contributed by atoms with Gasteiger partial charge in [-0.1, -0.05) is 72.3 Å². The summed E-state index contributed by atoms with van der Waals surface area (Å²) in [4.78, 5) is 15.9. The number of benzene rings is 3. The molecule has 0 saturated heterocycles. The number of rotatable bonds is 4. The average molecular weight is 370 g/mol. The van der Waals surface area contributed by atoms with Gasteiger partial charge in [0.15, 0.2) is 6.29 Å². The molecule has 0 aliphatic rings. The first kappa shape index (κ1) is 17.2. The Bertz CT molecular complexity index is 1160. The third kappa shape index (κ3) is 3.81. The van der Waals surface area contributed by atoms with Crippen LogP contribution in [0, 0.1) is 0 Å². The highest BCUT2D eigenvalue weighted by Gasteiger charge is 2.04. The molecular formula is C24H16ClNO. The van der Waals surface area contributed by atoms with Crippen LogP contribution in [-0.2, 0) is 0 Å². The van der Waals surface area contributed by atoms with E-state index in [9.17, 15) is 4.79 Å². The van der Waals surface area contributed by atoms with Crippen molar-refractivity contribution in [3.8, 4) is 11.1 Å². The van der Waals surface area contributed by atoms with Gasteiger partial charge in [0.2, 0.25) is 0 Å². The predicted molar refractivity (Wildman–Crippen MR) is 113 cm³/mol. The largest absolute Gasteiger partial charge is 0.298 e. The fourth-order valence-electron chi connectivity index (χ4n) is 3.05. The van der Waals surface area contributed by atoms with E-state index >= 15 is 0 Å². The van der Waals surface area contributed by atoms with E-state index in [1.165, 1.54) is 0 Å². The van der Waals surface area contributed by atoms with Crippen LogP contribution in [0.3, 0.4) is 0 Å². The van der Waals surface area contributed by atoms with Crippen molar-refractivity contribution in [3.05, 3.63) is 101 Å². The Morgan fingerprint density at radius 2 is 1.67 bits per heavy atom. The van der Waals surface area contributed by atoms with Gasteiger partial charge in [0.25, 0.3) is 0 Å². The zero-order valence-corrected chi connectivity index (χ0v) is 15.2. The van der Waals surface area contributed by atoms with Crippen molar-refractivity contribution < 1.29 is 4.79 Å². The van der Waals surface area contributed by atoms with E-state index in [0.717, 1.165) is 39.6 Å². The van der Waals surface area contributed by atoms with Crippen molar-refractivity contribution >= 4 is 40.9 Å². The summed E-state index contributed by atoms with van der Waals surface area (Å²) >= 11 is 6.06. The summed E-state index contributed by atoms with van der Waals surface area (Å²) in [5, 5.41) is 1.74. The van der Waals surface area contributed by atoms with Gasteiger partial charge in [-0.25, -0.2) is 4.98 Å². The number of hydrogen-bond donors (Lipinski definition) is 0. The second-order valence-electron chi connectivity index (χ2n) is 6.24. The third-order valence-electron chi connectivity index (χ3n) is 4.41. The van der Waals surface area contributed by atoms with Crippen LogP contribution in [-0.4, -0.2) is 11.3 Å². The van der Waals surface area contributed by atoms with E-state index in [4.69, 9.17) is 11.6 Å². The number of aromatic nitrogens is 1. The number of fused-ring (bicyclic) bond motifs is 1. The van der Waals surface area contributed by atoms with Crippen LogP contribution in [0.25, 0.3) is 34.2 Å². The van der Waals surface area contributed by atoms with Gasteiger partial charge in [0.05, 0.1) is 11.2 Å². The van der Waals surface area contributed by atoms with Crippen molar-refractivity contribution in [2.75, 3.05) is 0 Å². The van der Waals surface area contributed by atoms with Crippen LogP contribution < -0.4 is 0 Å². The molecule has 0 unspecified atom stereocenters. The summed E-state index contributed by atoms with van der Waals surface area (Å²) in [6.07, 6.45) is 4.89. The summed E-state index contributed by atoms with van der Waals surface area (Å²) in [5.74, 6) is 0. The molecule has 3 aromatic carbocycles. The molecule has 3 heteroatoms. The highest BCUT2D eigenvalue weighted by Crippen LogP contribution is 2.24. The standard InChI is InChI=1S/C24H16ClNO/c25-21-11-9-18-10-13-22(26-24(18)15-21)12-8-17-4-3-6-19(14-17)23-7-2-1-5-20(23)16-27/h1-16H/b12-8+. The molecular weight excluding hydrogens is 354 g/mol. The Hall–Kier alpha value is -3.23. The van der Waals surface area contributed by atoms with Gasteiger partial charge in [0.1, 0.15) is 0 Å². The molecule has 0 N–H and O–H groups in total. The minimum absolute atomic E-state index is 0.678. The molecule has 2 nitrogen and oxygen atoms in total. The first-order valence-corrected chi connectivity index (χ1v) is 9.00. The number of carbonyl (C=O) groups excluding carboxylic acids is 1. The summed E-state index contributed by atoms with van der Waals surface area (Å²) in [5.41, 5.74) is 5.41. The molecule has 0 amide bonds. The Morgan fingerprint density at radius 3 is 2.56 bits per heavy atom. The molecule has 4 rings (SSSR count). The normalized spacial score (nSPS) is 11.1. The lowest BCUT2D eigenvalue weighted by Gasteiger charge is -2.06. The molecule has 130 valence electrons. The van der Waals surface area contributed by atoms with E-state index in [0.29, 0.717) is 10.6 Å². The first-order valence-electron chi connectivity index (χ1n) is 8.62. The van der Waals surface area contributed by atoms with Gasteiger partial charge in [-0.2, -0.15) is 0 Å². The van der Waals surface area contributed by atoms with Gasteiger partial charge in [-0.05, 0) is 47.0 Å². The van der Waals surface area contributed by atoms with Crippen LogP contribution in [0.15, 0.2) is 78.9 Å². The second kappa shape index (κ2) is 7.56. The minimum atomic E-state index is 0.678. The van der Waals surface area contributed by atoms with Gasteiger partial charge in [0, 0.05) is 16.0 Å². The topological polar surface area (TPSA) is 30.0 Å². The van der Waals surface area contributed by atoms with E-state index in [-0.39, 0.29) is 0 Å². The number of carbonyl (C=O) groups is 1. The highest BCUT2D eigenvalue weighted by molar-refractivity contribution is 6.31. The van der Waals surface area contributed by atoms with Crippen LogP contribution >= 0.6 is 11.6 Å². The number of nitrogens with zero attached hydrogens (tertiary/aromatic N) is 1. The van der Waals surface area contributed by atoms with Crippen molar-refractivity contribution in [1.82, 2.24) is 4.98 Å². The van der Waals surface area contributed by atoms with Gasteiger partial charge in [-0.15, -0.1) is 0 Å². The Labute approximate surface area is 162 Å². The van der Waals surface area contributed by atoms with E-state index < -0.39 is 0 Å². The molecule has 0 atom stereocenters. The molecule has 0 spiro atoms. The molecule has 4 aromatic rings. The fourth-order valence-corrected chi connectivity index (χ4v) is 3.22. The minimum Gasteiger partial charge on any atom is -0.298 e. The number of aldehydes is 1. The quantitative estimate of drug-likeness (QED) is 0.382. The zero-order chi connectivity index (χ0) is 18.6. The summed E-state index contributed by atoms with van der Waals surface area (Å²) in [6.45, 7) is 0. The van der Waals surface area contributed by atoms with Crippen LogP contribution in [0.2, 0.25) is 5.02 Å². The van der Waals surface area contributed by atoms with Crippen LogP contribution in [0.5, 0.6) is 0 Å². The van der Waals surface area contributed by atoms with Crippen molar-refractivity contribution in [2.24, 2.45) is 0 Å². The number of pyridine rings is 1. The first-order chi connectivity index (χ1) is 13.2. The lowest BCUT2D eigenvalue weighted by Crippen LogP contribution is -1.87. The van der Waals surface area contributed by atoms with Gasteiger partial charge < -0.3 is 0 Å². The number of hydrogen-bond acceptors (Lipinski definition) is 2. The Balaban J connectivity index is 1.66. The predicted octanol–water partition coefficient (Wildman–Crippen LogP) is 6.54. The second-order valence-corrected chi connectivity index (χ2v) is 6.67. The highest BCUT2D eigenvalue weighted by atomic mass is 35.5. The van der Waals surface area contributed by atoms with E-state index in [1.807, 2.05) is 84.9 Å². The van der Waals surface area contributed by atoms with Crippen LogP contribution in [0.4, 0.5) is 0 Å². The summed E-state index contributed by atoms with van der Waals surface area (Å²) in [7, 11) is 0.